The Kier molecular flexibility index (Phi) is 5.00. The van der Waals surface area contributed by atoms with Gasteiger partial charge in [0, 0.05) is 49.3 Å². The maximum absolute atomic E-state index is 6.36. The Hall–Kier alpha value is -6.06. The topological polar surface area (TPSA) is 23.0 Å². The van der Waals surface area contributed by atoms with Crippen molar-refractivity contribution in [2.24, 2.45) is 0 Å². The number of hydrogen-bond donors (Lipinski definition) is 0. The summed E-state index contributed by atoms with van der Waals surface area (Å²) in [5.74, 6) is 0. The van der Waals surface area contributed by atoms with Crippen LogP contribution in [0.4, 0.5) is 0 Å². The highest BCUT2D eigenvalue weighted by atomic mass is 16.3. The van der Waals surface area contributed by atoms with Crippen LogP contribution in [0.25, 0.3) is 88.1 Å². The van der Waals surface area contributed by atoms with Crippen LogP contribution in [0.1, 0.15) is 0 Å². The molecule has 3 heterocycles. The number of nitrogens with zero attached hydrogens (tertiary/aromatic N) is 2. The van der Waals surface area contributed by atoms with Gasteiger partial charge >= 0.3 is 0 Å². The summed E-state index contributed by atoms with van der Waals surface area (Å²) in [6.45, 7) is 0. The average molecular weight is 575 g/mol. The van der Waals surface area contributed by atoms with Crippen molar-refractivity contribution in [1.29, 1.82) is 0 Å². The molecule has 0 saturated heterocycles. The lowest BCUT2D eigenvalue weighted by atomic mass is 10.0. The molecule has 0 fully saturated rings. The summed E-state index contributed by atoms with van der Waals surface area (Å²) in [7, 11) is 0. The van der Waals surface area contributed by atoms with Crippen LogP contribution in [0.15, 0.2) is 162 Å². The first-order chi connectivity index (χ1) is 22.3. The predicted molar refractivity (Wildman–Crippen MR) is 188 cm³/mol. The van der Waals surface area contributed by atoms with E-state index in [1.165, 1.54) is 43.6 Å². The third-order valence-corrected chi connectivity index (χ3v) is 9.33. The summed E-state index contributed by atoms with van der Waals surface area (Å²) in [4.78, 5) is 0. The highest BCUT2D eigenvalue weighted by Crippen LogP contribution is 2.42. The number of hydrogen-bond acceptors (Lipinski definition) is 1. The van der Waals surface area contributed by atoms with Crippen LogP contribution in [-0.2, 0) is 0 Å². The molecule has 10 rings (SSSR count). The second-order valence-electron chi connectivity index (χ2n) is 11.7. The van der Waals surface area contributed by atoms with Crippen LogP contribution >= 0.6 is 0 Å². The van der Waals surface area contributed by atoms with E-state index in [9.17, 15) is 0 Å². The number of fused-ring (bicyclic) bond motifs is 10. The molecule has 0 aliphatic carbocycles. The van der Waals surface area contributed by atoms with E-state index < -0.39 is 0 Å². The normalized spacial score (nSPS) is 12.0. The maximum atomic E-state index is 6.36. The lowest BCUT2D eigenvalue weighted by Crippen LogP contribution is -1.95. The van der Waals surface area contributed by atoms with Gasteiger partial charge in [0.25, 0.3) is 0 Å². The van der Waals surface area contributed by atoms with E-state index in [2.05, 4.69) is 155 Å². The van der Waals surface area contributed by atoms with Crippen molar-refractivity contribution in [3.63, 3.8) is 0 Å². The molecule has 3 nitrogen and oxygen atoms in total. The average Bonchev–Trinajstić information content (AvgIpc) is 3.76. The fourth-order valence-corrected chi connectivity index (χ4v) is 7.40. The monoisotopic (exact) mass is 574 g/mol. The summed E-state index contributed by atoms with van der Waals surface area (Å²) in [5, 5.41) is 7.33. The molecule has 0 aliphatic rings. The van der Waals surface area contributed by atoms with Crippen molar-refractivity contribution >= 4 is 65.6 Å². The molecular formula is C42H26N2O. The third kappa shape index (κ3) is 3.41. The van der Waals surface area contributed by atoms with Crippen molar-refractivity contribution < 1.29 is 4.42 Å². The molecule has 0 unspecified atom stereocenters. The number of aromatic nitrogens is 2. The van der Waals surface area contributed by atoms with Gasteiger partial charge in [-0.3, -0.25) is 0 Å². The molecule has 0 N–H and O–H groups in total. The van der Waals surface area contributed by atoms with E-state index >= 15 is 0 Å². The Morgan fingerprint density at radius 2 is 1.02 bits per heavy atom. The van der Waals surface area contributed by atoms with E-state index in [-0.39, 0.29) is 0 Å². The minimum Gasteiger partial charge on any atom is -0.455 e. The van der Waals surface area contributed by atoms with Crippen LogP contribution in [0.3, 0.4) is 0 Å². The molecule has 0 spiro atoms. The lowest BCUT2D eigenvalue weighted by Gasteiger charge is -2.11. The van der Waals surface area contributed by atoms with Crippen LogP contribution in [0, 0.1) is 0 Å². The van der Waals surface area contributed by atoms with Crippen molar-refractivity contribution in [1.82, 2.24) is 9.13 Å². The van der Waals surface area contributed by atoms with Gasteiger partial charge in [0.2, 0.25) is 0 Å². The van der Waals surface area contributed by atoms with E-state index in [0.29, 0.717) is 0 Å². The Labute approximate surface area is 258 Å². The summed E-state index contributed by atoms with van der Waals surface area (Å²) in [6, 6.07) is 56.4. The summed E-state index contributed by atoms with van der Waals surface area (Å²) < 4.78 is 11.2. The summed E-state index contributed by atoms with van der Waals surface area (Å²) in [5.41, 5.74) is 11.2. The fraction of sp³-hybridized carbons (Fsp3) is 0. The lowest BCUT2D eigenvalue weighted by molar-refractivity contribution is 0.670. The molecule has 10 aromatic rings. The van der Waals surface area contributed by atoms with Crippen molar-refractivity contribution in [3.05, 3.63) is 158 Å². The largest absolute Gasteiger partial charge is 0.455 e. The summed E-state index contributed by atoms with van der Waals surface area (Å²) >= 11 is 0. The smallest absolute Gasteiger partial charge is 0.143 e. The first kappa shape index (κ1) is 24.4. The minimum absolute atomic E-state index is 0.918. The SMILES string of the molecule is c1ccc(-n2c3ccccc3c3ccc4c(c5ccccc5n4-c4ccc(-c5cccc6c5oc5ccccc56)cc4)c32)cc1. The Bertz CT molecular complexity index is 2740. The first-order valence-corrected chi connectivity index (χ1v) is 15.4. The zero-order valence-electron chi connectivity index (χ0n) is 24.3. The van der Waals surface area contributed by atoms with E-state index in [1.54, 1.807) is 0 Å². The minimum atomic E-state index is 0.918. The molecule has 3 aromatic heterocycles. The van der Waals surface area contributed by atoms with Crippen LogP contribution < -0.4 is 0 Å². The van der Waals surface area contributed by atoms with Gasteiger partial charge in [0.1, 0.15) is 11.2 Å². The second kappa shape index (κ2) is 9.22. The Morgan fingerprint density at radius 3 is 1.84 bits per heavy atom. The van der Waals surface area contributed by atoms with Gasteiger partial charge in [-0.25, -0.2) is 0 Å². The van der Waals surface area contributed by atoms with Gasteiger partial charge in [-0.2, -0.15) is 0 Å². The number of rotatable bonds is 3. The Balaban J connectivity index is 1.23. The van der Waals surface area contributed by atoms with Gasteiger partial charge in [0.15, 0.2) is 0 Å². The van der Waals surface area contributed by atoms with Crippen LogP contribution in [0.2, 0.25) is 0 Å². The van der Waals surface area contributed by atoms with Gasteiger partial charge in [-0.15, -0.1) is 0 Å². The van der Waals surface area contributed by atoms with Gasteiger partial charge < -0.3 is 13.6 Å². The molecule has 45 heavy (non-hydrogen) atoms. The van der Waals surface area contributed by atoms with Gasteiger partial charge in [-0.1, -0.05) is 109 Å². The highest BCUT2D eigenvalue weighted by molar-refractivity contribution is 6.26. The number of furan rings is 1. The molecule has 0 saturated carbocycles. The van der Waals surface area contributed by atoms with Crippen molar-refractivity contribution in [2.45, 2.75) is 0 Å². The molecule has 0 radical (unpaired) electrons. The molecule has 0 amide bonds. The number of benzene rings is 7. The molecule has 0 atom stereocenters. The van der Waals surface area contributed by atoms with Crippen LogP contribution in [-0.4, -0.2) is 9.13 Å². The fourth-order valence-electron chi connectivity index (χ4n) is 7.40. The van der Waals surface area contributed by atoms with E-state index in [4.69, 9.17) is 4.42 Å². The number of para-hydroxylation sites is 5. The highest BCUT2D eigenvalue weighted by Gasteiger charge is 2.20. The molecule has 3 heteroatoms. The second-order valence-corrected chi connectivity index (χ2v) is 11.7. The van der Waals surface area contributed by atoms with Crippen molar-refractivity contribution in [2.75, 3.05) is 0 Å². The molecule has 0 aliphatic heterocycles. The van der Waals surface area contributed by atoms with Crippen LogP contribution in [0.5, 0.6) is 0 Å². The van der Waals surface area contributed by atoms with E-state index in [1.807, 2.05) is 12.1 Å². The molecule has 0 bridgehead atoms. The summed E-state index contributed by atoms with van der Waals surface area (Å²) in [6.07, 6.45) is 0. The van der Waals surface area contributed by atoms with Gasteiger partial charge in [0.05, 0.1) is 22.1 Å². The zero-order valence-corrected chi connectivity index (χ0v) is 24.3. The predicted octanol–water partition coefficient (Wildman–Crippen LogP) is 11.4. The first-order valence-electron chi connectivity index (χ1n) is 15.4. The zero-order chi connectivity index (χ0) is 29.5. The molecule has 210 valence electrons. The standard InChI is InChI=1S/C42H26N2O/c1-2-11-28(12-3-1)44-36-18-7-4-13-31(36)33-25-26-38-40(41(33)44)35-15-5-8-19-37(35)43(38)29-23-21-27(22-24-29)30-16-10-17-34-32-14-6-9-20-39(32)45-42(30)34/h1-26H. The van der Waals surface area contributed by atoms with Crippen molar-refractivity contribution in [3.8, 4) is 22.5 Å². The van der Waals surface area contributed by atoms with Gasteiger partial charge in [-0.05, 0) is 54.1 Å². The van der Waals surface area contributed by atoms with E-state index in [0.717, 1.165) is 44.4 Å². The molecular weight excluding hydrogens is 548 g/mol. The Morgan fingerprint density at radius 1 is 0.378 bits per heavy atom. The maximum Gasteiger partial charge on any atom is 0.143 e. The molecule has 7 aromatic carbocycles. The quantitative estimate of drug-likeness (QED) is 0.206. The third-order valence-electron chi connectivity index (χ3n) is 9.33.